The van der Waals surface area contributed by atoms with Crippen LogP contribution in [0.2, 0.25) is 5.02 Å². The molecular weight excluding hydrogens is 505 g/mol. The minimum atomic E-state index is -0.548. The Morgan fingerprint density at radius 1 is 1.00 bits per heavy atom. The molecule has 1 aliphatic rings. The molecule has 5 aromatic rings. The molecule has 1 N–H and O–H groups in total. The second-order valence-corrected chi connectivity index (χ2v) is 9.97. The number of pyridine rings is 1. The fraction of sp³-hybridized carbons (Fsp3) is 0.214. The lowest BCUT2D eigenvalue weighted by Gasteiger charge is -2.32. The van der Waals surface area contributed by atoms with Crippen LogP contribution >= 0.6 is 11.6 Å². The zero-order valence-corrected chi connectivity index (χ0v) is 21.7. The summed E-state index contributed by atoms with van der Waals surface area (Å²) in [5.41, 5.74) is 4.11. The van der Waals surface area contributed by atoms with E-state index in [0.29, 0.717) is 27.7 Å². The molecule has 10 heteroatoms. The van der Waals surface area contributed by atoms with Crippen LogP contribution in [0.3, 0.4) is 0 Å². The summed E-state index contributed by atoms with van der Waals surface area (Å²) in [6.07, 6.45) is 3.74. The summed E-state index contributed by atoms with van der Waals surface area (Å²) in [4.78, 5) is 31.3. The van der Waals surface area contributed by atoms with Gasteiger partial charge in [0.1, 0.15) is 11.5 Å². The Kier molecular flexibility index (Phi) is 6.17. The number of aromatic nitrogens is 4. The Hall–Kier alpha value is -4.08. The largest absolute Gasteiger partial charge is 0.338 e. The van der Waals surface area contributed by atoms with Crippen molar-refractivity contribution in [2.45, 2.75) is 6.92 Å². The minimum Gasteiger partial charge on any atom is -0.338 e. The maximum atomic E-state index is 15.2. The molecule has 0 aliphatic carbocycles. The molecule has 192 valence electrons. The van der Waals surface area contributed by atoms with Crippen molar-refractivity contribution in [1.82, 2.24) is 24.3 Å². The summed E-state index contributed by atoms with van der Waals surface area (Å²) in [6.45, 7) is 5.57. The molecule has 2 aromatic carbocycles. The van der Waals surface area contributed by atoms with Gasteiger partial charge in [-0.15, -0.1) is 0 Å². The summed E-state index contributed by atoms with van der Waals surface area (Å²) in [5.74, 6) is -0.274. The van der Waals surface area contributed by atoms with Crippen molar-refractivity contribution in [1.29, 1.82) is 0 Å². The Morgan fingerprint density at radius 2 is 1.76 bits per heavy atom. The molecular formula is C28H25ClFN7O. The molecule has 1 amide bonds. The smallest absolute Gasteiger partial charge is 0.255 e. The maximum absolute atomic E-state index is 15.2. The summed E-state index contributed by atoms with van der Waals surface area (Å²) >= 11 is 5.89. The van der Waals surface area contributed by atoms with E-state index in [1.165, 1.54) is 6.07 Å². The highest BCUT2D eigenvalue weighted by Crippen LogP contribution is 2.31. The number of hydrogen-bond acceptors (Lipinski definition) is 6. The lowest BCUT2D eigenvalue weighted by Crippen LogP contribution is -2.45. The molecule has 8 nitrogen and oxygen atoms in total. The molecule has 38 heavy (non-hydrogen) atoms. The molecule has 3 aromatic heterocycles. The van der Waals surface area contributed by atoms with E-state index in [2.05, 4.69) is 27.1 Å². The first-order chi connectivity index (χ1) is 18.4. The number of rotatable bonds is 4. The van der Waals surface area contributed by atoms with Gasteiger partial charge in [-0.05, 0) is 62.0 Å². The summed E-state index contributed by atoms with van der Waals surface area (Å²) in [7, 11) is 2.11. The average molecular weight is 530 g/mol. The van der Waals surface area contributed by atoms with Gasteiger partial charge in [0.2, 0.25) is 5.95 Å². The van der Waals surface area contributed by atoms with Crippen molar-refractivity contribution in [2.24, 2.45) is 0 Å². The average Bonchev–Trinajstić information content (AvgIpc) is 3.31. The second kappa shape index (κ2) is 9.66. The van der Waals surface area contributed by atoms with Crippen molar-refractivity contribution in [3.05, 3.63) is 83.0 Å². The van der Waals surface area contributed by atoms with E-state index >= 15 is 4.39 Å². The first-order valence-corrected chi connectivity index (χ1v) is 12.7. The number of imidazole rings is 1. The van der Waals surface area contributed by atoms with Crippen LogP contribution in [0.4, 0.5) is 16.0 Å². The van der Waals surface area contributed by atoms with Gasteiger partial charge < -0.3 is 15.1 Å². The summed E-state index contributed by atoms with van der Waals surface area (Å²) < 4.78 is 17.1. The van der Waals surface area contributed by atoms with Gasteiger partial charge in [-0.3, -0.25) is 9.20 Å². The number of nitrogens with one attached hydrogen (secondary N) is 1. The van der Waals surface area contributed by atoms with E-state index in [-0.39, 0.29) is 5.69 Å². The third kappa shape index (κ3) is 4.55. The van der Waals surface area contributed by atoms with Gasteiger partial charge in [0.15, 0.2) is 5.65 Å². The van der Waals surface area contributed by atoms with E-state index in [1.54, 1.807) is 36.4 Å². The topological polar surface area (TPSA) is 78.7 Å². The molecule has 6 rings (SSSR count). The predicted molar refractivity (Wildman–Crippen MR) is 148 cm³/mol. The van der Waals surface area contributed by atoms with Crippen molar-refractivity contribution in [3.8, 4) is 11.1 Å². The SMILES string of the molecule is Cc1cn2c(n1)c(-c1ccc(NC(=O)c3ccc(Cl)cc3)c(F)c1)cc1cnc(N3CCN(C)CC3)nc12. The third-order valence-corrected chi connectivity index (χ3v) is 7.05. The van der Waals surface area contributed by atoms with Crippen molar-refractivity contribution in [2.75, 3.05) is 43.4 Å². The number of halogens is 2. The number of hydrogen-bond donors (Lipinski definition) is 1. The minimum absolute atomic E-state index is 0.0881. The van der Waals surface area contributed by atoms with Gasteiger partial charge in [0.05, 0.1) is 11.4 Å². The van der Waals surface area contributed by atoms with Gasteiger partial charge in [-0.2, -0.15) is 4.98 Å². The van der Waals surface area contributed by atoms with Crippen LogP contribution in [0, 0.1) is 12.7 Å². The van der Waals surface area contributed by atoms with Crippen LogP contribution in [0.1, 0.15) is 16.1 Å². The number of carbonyl (C=O) groups excluding carboxylic acids is 1. The lowest BCUT2D eigenvalue weighted by molar-refractivity contribution is 0.102. The number of fused-ring (bicyclic) bond motifs is 3. The quantitative estimate of drug-likeness (QED) is 0.351. The highest BCUT2D eigenvalue weighted by Gasteiger charge is 2.19. The summed E-state index contributed by atoms with van der Waals surface area (Å²) in [5, 5.41) is 3.97. The molecule has 0 spiro atoms. The first kappa shape index (κ1) is 24.3. The van der Waals surface area contributed by atoms with Crippen LogP contribution < -0.4 is 10.2 Å². The van der Waals surface area contributed by atoms with Crippen molar-refractivity contribution in [3.63, 3.8) is 0 Å². The molecule has 0 atom stereocenters. The Morgan fingerprint density at radius 3 is 2.50 bits per heavy atom. The van der Waals surface area contributed by atoms with E-state index in [9.17, 15) is 4.79 Å². The predicted octanol–water partition coefficient (Wildman–Crippen LogP) is 5.05. The number of anilines is 2. The molecule has 0 bridgehead atoms. The van der Waals surface area contributed by atoms with Gasteiger partial charge >= 0.3 is 0 Å². The van der Waals surface area contributed by atoms with Crippen LogP contribution in [0.15, 0.2) is 60.9 Å². The molecule has 1 saturated heterocycles. The Balaban J connectivity index is 1.36. The van der Waals surface area contributed by atoms with Gasteiger partial charge in [-0.1, -0.05) is 17.7 Å². The zero-order chi connectivity index (χ0) is 26.4. The Bertz CT molecular complexity index is 1680. The highest BCUT2D eigenvalue weighted by molar-refractivity contribution is 6.30. The first-order valence-electron chi connectivity index (χ1n) is 12.3. The molecule has 4 heterocycles. The molecule has 0 unspecified atom stereocenters. The van der Waals surface area contributed by atoms with Crippen LogP contribution in [-0.4, -0.2) is 63.4 Å². The highest BCUT2D eigenvalue weighted by atomic mass is 35.5. The Labute approximate surface area is 223 Å². The van der Waals surface area contributed by atoms with Crippen LogP contribution in [0.25, 0.3) is 27.8 Å². The van der Waals surface area contributed by atoms with E-state index in [0.717, 1.165) is 48.5 Å². The molecule has 0 radical (unpaired) electrons. The fourth-order valence-electron chi connectivity index (χ4n) is 4.69. The maximum Gasteiger partial charge on any atom is 0.255 e. The number of nitrogens with zero attached hydrogens (tertiary/aromatic N) is 6. The molecule has 0 saturated carbocycles. The second-order valence-electron chi connectivity index (χ2n) is 9.53. The number of aryl methyl sites for hydroxylation is 1. The monoisotopic (exact) mass is 529 g/mol. The van der Waals surface area contributed by atoms with Gasteiger partial charge in [-0.25, -0.2) is 14.4 Å². The number of carbonyl (C=O) groups is 1. The molecule has 1 fully saturated rings. The standard InChI is InChI=1S/C28H25ClFN7O/c1-17-16-37-25-20(15-31-28(34-25)36-11-9-35(2)10-12-36)13-22(26(37)32-17)19-5-8-24(23(30)14-19)33-27(38)18-3-6-21(29)7-4-18/h3-8,13-16H,9-12H2,1-2H3,(H,33,38). The zero-order valence-electron chi connectivity index (χ0n) is 20.9. The normalized spacial score (nSPS) is 14.4. The summed E-state index contributed by atoms with van der Waals surface area (Å²) in [6, 6.07) is 13.1. The van der Waals surface area contributed by atoms with E-state index in [4.69, 9.17) is 21.6 Å². The number of amides is 1. The number of benzene rings is 2. The molecule has 1 aliphatic heterocycles. The van der Waals surface area contributed by atoms with Gasteiger partial charge in [0.25, 0.3) is 5.91 Å². The third-order valence-electron chi connectivity index (χ3n) is 6.80. The van der Waals surface area contributed by atoms with Crippen LogP contribution in [-0.2, 0) is 0 Å². The van der Waals surface area contributed by atoms with Crippen molar-refractivity contribution >= 4 is 45.8 Å². The number of likely N-dealkylation sites (N-methyl/N-ethyl adjacent to an activating group) is 1. The fourth-order valence-corrected chi connectivity index (χ4v) is 4.81. The lowest BCUT2D eigenvalue weighted by atomic mass is 10.0. The van der Waals surface area contributed by atoms with Crippen molar-refractivity contribution < 1.29 is 9.18 Å². The number of piperazine rings is 1. The van der Waals surface area contributed by atoms with Gasteiger partial charge in [0, 0.05) is 60.1 Å². The van der Waals surface area contributed by atoms with E-state index in [1.807, 2.05) is 29.8 Å². The van der Waals surface area contributed by atoms with Crippen LogP contribution in [0.5, 0.6) is 0 Å². The van der Waals surface area contributed by atoms with E-state index < -0.39 is 11.7 Å².